The average Bonchev–Trinajstić information content (AvgIpc) is 3.01. The smallest absolute Gasteiger partial charge is 0.336 e. The fourth-order valence-electron chi connectivity index (χ4n) is 4.90. The van der Waals surface area contributed by atoms with Gasteiger partial charge in [-0.15, -0.1) is 0 Å². The van der Waals surface area contributed by atoms with Crippen LogP contribution in [-0.4, -0.2) is 27.0 Å². The van der Waals surface area contributed by atoms with E-state index >= 15 is 0 Å². The number of aromatic carboxylic acids is 1. The number of fused-ring (bicyclic) bond motifs is 2. The molecule has 3 aromatic carbocycles. The summed E-state index contributed by atoms with van der Waals surface area (Å²) >= 11 is 0. The molecule has 2 heterocycles. The number of hydrogen-bond donors (Lipinski definition) is 5. The van der Waals surface area contributed by atoms with Crippen LogP contribution in [0.3, 0.4) is 0 Å². The Balaban J connectivity index is 1.23. The third-order valence-electron chi connectivity index (χ3n) is 7.05. The van der Waals surface area contributed by atoms with Crippen LogP contribution in [0.5, 0.6) is 6.01 Å². The maximum atomic E-state index is 13.1. The molecule has 4 aromatic rings. The Labute approximate surface area is 250 Å². The number of benzene rings is 4. The highest BCUT2D eigenvalue weighted by Crippen LogP contribution is 2.41. The second-order valence-electron chi connectivity index (χ2n) is 10.1. The molecule has 8 N–H and O–H groups in total. The summed E-state index contributed by atoms with van der Waals surface area (Å²) in [6.07, 6.45) is 1.52. The van der Waals surface area contributed by atoms with Crippen molar-refractivity contribution in [3.05, 3.63) is 119 Å². The molecule has 0 unspecified atom stereocenters. The summed E-state index contributed by atoms with van der Waals surface area (Å²) in [5.41, 5.74) is 16.3. The number of carboxylic acid groups (broad SMARTS) is 1. The van der Waals surface area contributed by atoms with Gasteiger partial charge in [-0.1, -0.05) is 30.3 Å². The lowest BCUT2D eigenvalue weighted by Crippen LogP contribution is -2.44. The number of anilines is 2. The average molecular weight is 588 g/mol. The van der Waals surface area contributed by atoms with Gasteiger partial charge in [0.05, 0.1) is 11.6 Å². The Morgan fingerprint density at radius 3 is 2.45 bits per heavy atom. The van der Waals surface area contributed by atoms with Crippen LogP contribution in [0.1, 0.15) is 31.8 Å². The van der Waals surface area contributed by atoms with Gasteiger partial charge in [0.1, 0.15) is 23.8 Å². The Kier molecular flexibility index (Phi) is 7.34. The topological polar surface area (TPSA) is 192 Å². The van der Waals surface area contributed by atoms with Crippen LogP contribution in [0.2, 0.25) is 0 Å². The number of carbonyl (C=O) groups excluding carboxylic acids is 1. The highest BCUT2D eigenvalue weighted by molar-refractivity contribution is 6.09. The van der Waals surface area contributed by atoms with Crippen LogP contribution < -0.4 is 32.3 Å². The first-order valence-corrected chi connectivity index (χ1v) is 13.5. The van der Waals surface area contributed by atoms with Gasteiger partial charge in [-0.3, -0.25) is 10.2 Å². The van der Waals surface area contributed by atoms with Crippen molar-refractivity contribution >= 4 is 34.4 Å². The maximum Gasteiger partial charge on any atom is 0.336 e. The first-order chi connectivity index (χ1) is 21.2. The number of nitrogens with zero attached hydrogens (tertiary/aromatic N) is 2. The molecule has 6 rings (SSSR count). The molecule has 0 atom stereocenters. The number of ether oxygens (including phenoxy) is 1. The van der Waals surface area contributed by atoms with Gasteiger partial charge in [0, 0.05) is 52.6 Å². The van der Waals surface area contributed by atoms with Crippen LogP contribution in [0.4, 0.5) is 11.5 Å². The van der Waals surface area contributed by atoms with Gasteiger partial charge in [-0.25, -0.2) is 9.78 Å². The van der Waals surface area contributed by atoms with E-state index in [2.05, 4.69) is 15.3 Å². The third kappa shape index (κ3) is 5.74. The SMILES string of the molecule is Nc1ccc2c(-c3ccc(C(=O)NCc4ccc(COc5nccc(N)n5)cc4)cc3C(=O)O)c3ccc(=[NH2+])cc-3oc2c1. The number of nitrogens with two attached hydrogens (primary N) is 3. The highest BCUT2D eigenvalue weighted by Gasteiger charge is 2.23. The van der Waals surface area contributed by atoms with E-state index in [0.717, 1.165) is 11.1 Å². The summed E-state index contributed by atoms with van der Waals surface area (Å²) in [6, 6.07) is 24.2. The second kappa shape index (κ2) is 11.6. The molecule has 0 bridgehead atoms. The van der Waals surface area contributed by atoms with Crippen LogP contribution in [0.25, 0.3) is 33.4 Å². The molecule has 11 nitrogen and oxygen atoms in total. The lowest BCUT2D eigenvalue weighted by atomic mass is 9.89. The number of nitrogen functional groups attached to an aromatic ring is 2. The molecule has 0 spiro atoms. The summed E-state index contributed by atoms with van der Waals surface area (Å²) in [5, 5.41) is 20.2. The summed E-state index contributed by atoms with van der Waals surface area (Å²) in [4.78, 5) is 33.6. The monoisotopic (exact) mass is 587 g/mol. The Morgan fingerprint density at radius 1 is 0.909 bits per heavy atom. The largest absolute Gasteiger partial charge is 0.478 e. The van der Waals surface area contributed by atoms with E-state index in [4.69, 9.17) is 26.0 Å². The number of aromatic nitrogens is 2. The van der Waals surface area contributed by atoms with Crippen LogP contribution in [-0.2, 0) is 13.2 Å². The van der Waals surface area contributed by atoms with Crippen molar-refractivity contribution < 1.29 is 29.3 Å². The molecule has 44 heavy (non-hydrogen) atoms. The zero-order chi connectivity index (χ0) is 30.8. The van der Waals surface area contributed by atoms with E-state index in [9.17, 15) is 14.7 Å². The Hall–Kier alpha value is -6.23. The van der Waals surface area contributed by atoms with Gasteiger partial charge < -0.3 is 31.0 Å². The van der Waals surface area contributed by atoms with E-state index < -0.39 is 11.9 Å². The van der Waals surface area contributed by atoms with Gasteiger partial charge in [0.2, 0.25) is 0 Å². The van der Waals surface area contributed by atoms with Crippen molar-refractivity contribution in [1.29, 1.82) is 0 Å². The van der Waals surface area contributed by atoms with Crippen molar-refractivity contribution in [2.45, 2.75) is 13.2 Å². The Morgan fingerprint density at radius 2 is 1.68 bits per heavy atom. The van der Waals surface area contributed by atoms with E-state index in [1.807, 2.05) is 24.3 Å². The van der Waals surface area contributed by atoms with Crippen molar-refractivity contribution in [2.75, 3.05) is 11.5 Å². The van der Waals surface area contributed by atoms with E-state index in [1.165, 1.54) is 12.3 Å². The predicted octanol–water partition coefficient (Wildman–Crippen LogP) is 3.03. The summed E-state index contributed by atoms with van der Waals surface area (Å²) < 4.78 is 11.6. The van der Waals surface area contributed by atoms with Gasteiger partial charge in [-0.2, -0.15) is 4.98 Å². The number of carboxylic acids is 1. The molecule has 1 aliphatic heterocycles. The number of amides is 1. The quantitative estimate of drug-likeness (QED) is 0.131. The van der Waals surface area contributed by atoms with Crippen LogP contribution in [0, 0.1) is 0 Å². The van der Waals surface area contributed by atoms with Crippen molar-refractivity contribution in [2.24, 2.45) is 0 Å². The number of rotatable bonds is 8. The number of hydrogen-bond acceptors (Lipinski definition) is 8. The zero-order valence-electron chi connectivity index (χ0n) is 23.3. The molecule has 0 saturated carbocycles. The normalized spacial score (nSPS) is 11.0. The molecule has 1 aliphatic carbocycles. The molecule has 0 saturated heterocycles. The minimum Gasteiger partial charge on any atom is -0.478 e. The van der Waals surface area contributed by atoms with Crippen molar-refractivity contribution in [3.63, 3.8) is 0 Å². The van der Waals surface area contributed by atoms with Gasteiger partial charge in [0.15, 0.2) is 5.36 Å². The molecular formula is C33H27N6O5+. The summed E-state index contributed by atoms with van der Waals surface area (Å²) in [6.45, 7) is 0.488. The minimum absolute atomic E-state index is 0.0337. The minimum atomic E-state index is -1.18. The molecule has 0 radical (unpaired) electrons. The Bertz CT molecular complexity index is 2070. The number of nitrogens with one attached hydrogen (secondary N) is 1. The zero-order valence-corrected chi connectivity index (χ0v) is 23.3. The standard InChI is InChI=1S/C33H26N6O5/c34-21-6-9-24-27(14-21)44-28-15-22(35)7-10-25(28)30(24)23-8-5-20(13-26(23)32(41)42)31(40)38-16-18-1-3-19(4-2-18)17-43-33-37-12-11-29(36)39-33/h1-15,34H,16-17,35H2,(H,38,40)(H,41,42)(H2,36,37,39)/p+1. The van der Waals surface area contributed by atoms with Crippen molar-refractivity contribution in [1.82, 2.24) is 15.3 Å². The fourth-order valence-corrected chi connectivity index (χ4v) is 4.90. The molecule has 0 fully saturated rings. The van der Waals surface area contributed by atoms with Gasteiger partial charge in [0.25, 0.3) is 5.91 Å². The fraction of sp³-hybridized carbons (Fsp3) is 0.0606. The molecule has 2 aliphatic rings. The van der Waals surface area contributed by atoms with Crippen LogP contribution in [0.15, 0.2) is 95.5 Å². The van der Waals surface area contributed by atoms with Crippen molar-refractivity contribution in [3.8, 4) is 28.5 Å². The maximum absolute atomic E-state index is 13.1. The van der Waals surface area contributed by atoms with E-state index in [0.29, 0.717) is 50.3 Å². The molecule has 1 amide bonds. The third-order valence-corrected chi connectivity index (χ3v) is 7.05. The first kappa shape index (κ1) is 27.9. The lowest BCUT2D eigenvalue weighted by molar-refractivity contribution is -0.172. The van der Waals surface area contributed by atoms with E-state index in [-0.39, 0.29) is 30.3 Å². The lowest BCUT2D eigenvalue weighted by Gasteiger charge is -2.17. The second-order valence-corrected chi connectivity index (χ2v) is 10.1. The molecule has 1 aromatic heterocycles. The van der Waals surface area contributed by atoms with Gasteiger partial charge >= 0.3 is 12.0 Å². The first-order valence-electron chi connectivity index (χ1n) is 13.5. The van der Waals surface area contributed by atoms with E-state index in [1.54, 1.807) is 54.6 Å². The molecule has 218 valence electrons. The predicted molar refractivity (Wildman–Crippen MR) is 163 cm³/mol. The number of carbonyl (C=O) groups is 2. The molecular weight excluding hydrogens is 560 g/mol. The highest BCUT2D eigenvalue weighted by atomic mass is 16.5. The summed E-state index contributed by atoms with van der Waals surface area (Å²) in [5.74, 6) is -0.792. The molecule has 11 heteroatoms. The van der Waals surface area contributed by atoms with Gasteiger partial charge in [-0.05, 0) is 53.1 Å². The van der Waals surface area contributed by atoms with Crippen LogP contribution >= 0.6 is 0 Å². The summed E-state index contributed by atoms with van der Waals surface area (Å²) in [7, 11) is 0.